The van der Waals surface area contributed by atoms with E-state index >= 15 is 0 Å². The summed E-state index contributed by atoms with van der Waals surface area (Å²) in [5.41, 5.74) is 2.04. The summed E-state index contributed by atoms with van der Waals surface area (Å²) in [4.78, 5) is 0. The first-order chi connectivity index (χ1) is 5.33. The van der Waals surface area contributed by atoms with Crippen LogP contribution in [0.3, 0.4) is 0 Å². The molecule has 62 valence electrons. The Morgan fingerprint density at radius 3 is 3.09 bits per heavy atom. The van der Waals surface area contributed by atoms with Crippen LogP contribution in [-0.4, -0.2) is 28.5 Å². The third kappa shape index (κ3) is 2.69. The van der Waals surface area contributed by atoms with E-state index in [9.17, 15) is 0 Å². The second kappa shape index (κ2) is 4.10. The molecule has 4 heteroatoms. The van der Waals surface area contributed by atoms with E-state index in [2.05, 4.69) is 15.5 Å². The quantitative estimate of drug-likeness (QED) is 0.528. The van der Waals surface area contributed by atoms with E-state index < -0.39 is 0 Å². The Morgan fingerprint density at radius 2 is 2.55 bits per heavy atom. The van der Waals surface area contributed by atoms with Gasteiger partial charge >= 0.3 is 0 Å². The Bertz CT molecular complexity index is 209. The van der Waals surface area contributed by atoms with E-state index in [4.69, 9.17) is 5.11 Å². The predicted molar refractivity (Wildman–Crippen MR) is 42.1 cm³/mol. The molecule has 0 radical (unpaired) electrons. The van der Waals surface area contributed by atoms with Crippen molar-refractivity contribution in [1.29, 1.82) is 0 Å². The molecular formula is C7H13N3O. The number of hydrogen-bond acceptors (Lipinski definition) is 3. The molecule has 1 aromatic rings. The molecular weight excluding hydrogens is 142 g/mol. The highest BCUT2D eigenvalue weighted by Crippen LogP contribution is 1.95. The van der Waals surface area contributed by atoms with Gasteiger partial charge in [0.25, 0.3) is 0 Å². The molecule has 1 heterocycles. The molecule has 0 amide bonds. The zero-order valence-corrected chi connectivity index (χ0v) is 6.59. The van der Waals surface area contributed by atoms with Crippen molar-refractivity contribution in [3.05, 3.63) is 17.5 Å². The summed E-state index contributed by atoms with van der Waals surface area (Å²) in [6, 6.07) is 1.98. The maximum Gasteiger partial charge on any atom is 0.0762 e. The Kier molecular flexibility index (Phi) is 3.07. The van der Waals surface area contributed by atoms with Crippen molar-refractivity contribution < 1.29 is 5.11 Å². The van der Waals surface area contributed by atoms with E-state index in [0.717, 1.165) is 11.4 Å². The summed E-state index contributed by atoms with van der Waals surface area (Å²) >= 11 is 0. The lowest BCUT2D eigenvalue weighted by Gasteiger charge is -1.96. The first-order valence-corrected chi connectivity index (χ1v) is 3.65. The van der Waals surface area contributed by atoms with E-state index in [1.165, 1.54) is 0 Å². The van der Waals surface area contributed by atoms with Crippen molar-refractivity contribution in [2.24, 2.45) is 0 Å². The van der Waals surface area contributed by atoms with Gasteiger partial charge in [-0.1, -0.05) is 0 Å². The molecule has 4 nitrogen and oxygen atoms in total. The van der Waals surface area contributed by atoms with Crippen molar-refractivity contribution in [1.82, 2.24) is 15.5 Å². The predicted octanol–water partition coefficient (Wildman–Crippen LogP) is -0.200. The number of aliphatic hydroxyl groups is 1. The number of hydrogen-bond donors (Lipinski definition) is 3. The molecule has 1 aromatic heterocycles. The molecule has 0 spiro atoms. The lowest BCUT2D eigenvalue weighted by atomic mass is 10.4. The zero-order chi connectivity index (χ0) is 8.10. The molecule has 3 N–H and O–H groups in total. The number of H-pyrrole nitrogens is 1. The highest BCUT2D eigenvalue weighted by atomic mass is 16.3. The molecule has 1 rings (SSSR count). The van der Waals surface area contributed by atoms with Crippen LogP contribution >= 0.6 is 0 Å². The van der Waals surface area contributed by atoms with Gasteiger partial charge in [0, 0.05) is 18.8 Å². The van der Waals surface area contributed by atoms with Gasteiger partial charge in [-0.3, -0.25) is 5.10 Å². The minimum absolute atomic E-state index is 0.170. The molecule has 0 atom stereocenters. The van der Waals surface area contributed by atoms with Crippen molar-refractivity contribution in [3.8, 4) is 0 Å². The number of aromatic amines is 1. The van der Waals surface area contributed by atoms with Crippen LogP contribution in [0.4, 0.5) is 0 Å². The molecule has 0 bridgehead atoms. The summed E-state index contributed by atoms with van der Waals surface area (Å²) in [6.45, 7) is 3.46. The van der Waals surface area contributed by atoms with Crippen molar-refractivity contribution in [2.45, 2.75) is 13.5 Å². The standard InChI is InChI=1S/C7H13N3O/c1-6-4-7(10-9-6)5-8-2-3-11/h4,8,11H,2-3,5H2,1H3,(H,9,10). The van der Waals surface area contributed by atoms with Gasteiger partial charge in [0.05, 0.1) is 12.3 Å². The van der Waals surface area contributed by atoms with Crippen LogP contribution in [0.15, 0.2) is 6.07 Å². The van der Waals surface area contributed by atoms with Gasteiger partial charge in [-0.05, 0) is 13.0 Å². The average molecular weight is 155 g/mol. The minimum atomic E-state index is 0.170. The Morgan fingerprint density at radius 1 is 1.73 bits per heavy atom. The zero-order valence-electron chi connectivity index (χ0n) is 6.59. The number of aromatic nitrogens is 2. The molecule has 0 aliphatic heterocycles. The molecule has 0 saturated carbocycles. The van der Waals surface area contributed by atoms with Gasteiger partial charge in [0.2, 0.25) is 0 Å². The molecule has 0 aromatic carbocycles. The maximum absolute atomic E-state index is 8.46. The highest BCUT2D eigenvalue weighted by molar-refractivity contribution is 5.05. The van der Waals surface area contributed by atoms with Gasteiger partial charge < -0.3 is 10.4 Å². The van der Waals surface area contributed by atoms with Crippen molar-refractivity contribution >= 4 is 0 Å². The highest BCUT2D eigenvalue weighted by Gasteiger charge is 1.94. The fourth-order valence-electron chi connectivity index (χ4n) is 0.861. The van der Waals surface area contributed by atoms with E-state index in [0.29, 0.717) is 13.1 Å². The summed E-state index contributed by atoms with van der Waals surface area (Å²) in [5.74, 6) is 0. The van der Waals surface area contributed by atoms with Gasteiger partial charge in [-0.15, -0.1) is 0 Å². The van der Waals surface area contributed by atoms with Crippen molar-refractivity contribution in [3.63, 3.8) is 0 Å². The van der Waals surface area contributed by atoms with Gasteiger partial charge in [-0.2, -0.15) is 5.10 Å². The number of nitrogens with zero attached hydrogens (tertiary/aromatic N) is 1. The smallest absolute Gasteiger partial charge is 0.0762 e. The van der Waals surface area contributed by atoms with Crippen LogP contribution < -0.4 is 5.32 Å². The lowest BCUT2D eigenvalue weighted by molar-refractivity contribution is 0.291. The maximum atomic E-state index is 8.46. The first-order valence-electron chi connectivity index (χ1n) is 3.65. The van der Waals surface area contributed by atoms with E-state index in [-0.39, 0.29) is 6.61 Å². The normalized spacial score (nSPS) is 10.4. The van der Waals surface area contributed by atoms with E-state index in [1.54, 1.807) is 0 Å². The Balaban J connectivity index is 2.27. The number of rotatable bonds is 4. The Hall–Kier alpha value is -0.870. The van der Waals surface area contributed by atoms with Crippen LogP contribution in [0.1, 0.15) is 11.4 Å². The topological polar surface area (TPSA) is 60.9 Å². The molecule has 0 fully saturated rings. The van der Waals surface area contributed by atoms with Gasteiger partial charge in [-0.25, -0.2) is 0 Å². The number of aliphatic hydroxyl groups excluding tert-OH is 1. The van der Waals surface area contributed by atoms with Crippen molar-refractivity contribution in [2.75, 3.05) is 13.2 Å². The average Bonchev–Trinajstić information content (AvgIpc) is 2.37. The fourth-order valence-corrected chi connectivity index (χ4v) is 0.861. The van der Waals surface area contributed by atoms with Gasteiger partial charge in [0.1, 0.15) is 0 Å². The summed E-state index contributed by atoms with van der Waals surface area (Å²) in [5, 5.41) is 18.4. The third-order valence-corrected chi connectivity index (χ3v) is 1.35. The van der Waals surface area contributed by atoms with Crippen LogP contribution in [0, 0.1) is 6.92 Å². The van der Waals surface area contributed by atoms with Crippen LogP contribution in [0.25, 0.3) is 0 Å². The molecule has 11 heavy (non-hydrogen) atoms. The van der Waals surface area contributed by atoms with Crippen LogP contribution in [-0.2, 0) is 6.54 Å². The second-order valence-electron chi connectivity index (χ2n) is 2.44. The molecule has 0 aliphatic carbocycles. The van der Waals surface area contributed by atoms with Gasteiger partial charge in [0.15, 0.2) is 0 Å². The fraction of sp³-hybridized carbons (Fsp3) is 0.571. The largest absolute Gasteiger partial charge is 0.395 e. The van der Waals surface area contributed by atoms with Crippen LogP contribution in [0.2, 0.25) is 0 Å². The third-order valence-electron chi connectivity index (χ3n) is 1.35. The number of aryl methyl sites for hydroxylation is 1. The van der Waals surface area contributed by atoms with E-state index in [1.807, 2.05) is 13.0 Å². The molecule has 0 unspecified atom stereocenters. The SMILES string of the molecule is Cc1cc(CNCCO)n[nH]1. The summed E-state index contributed by atoms with van der Waals surface area (Å²) in [7, 11) is 0. The minimum Gasteiger partial charge on any atom is -0.395 e. The number of nitrogens with one attached hydrogen (secondary N) is 2. The Labute approximate surface area is 65.6 Å². The molecule has 0 aliphatic rings. The molecule has 0 saturated heterocycles. The lowest BCUT2D eigenvalue weighted by Crippen LogP contribution is -2.17. The second-order valence-corrected chi connectivity index (χ2v) is 2.44. The summed E-state index contributed by atoms with van der Waals surface area (Å²) < 4.78 is 0. The van der Waals surface area contributed by atoms with Crippen LogP contribution in [0.5, 0.6) is 0 Å². The first kappa shape index (κ1) is 8.23. The monoisotopic (exact) mass is 155 g/mol. The summed E-state index contributed by atoms with van der Waals surface area (Å²) in [6.07, 6.45) is 0.